The Morgan fingerprint density at radius 3 is 2.54 bits per heavy atom. The van der Waals surface area contributed by atoms with E-state index in [9.17, 15) is 9.59 Å². The summed E-state index contributed by atoms with van der Waals surface area (Å²) >= 11 is 7.96. The maximum Gasteiger partial charge on any atom is 0.321 e. The van der Waals surface area contributed by atoms with Gasteiger partial charge in [-0.15, -0.1) is 11.3 Å². The third-order valence-electron chi connectivity index (χ3n) is 6.84. The standard InChI is InChI=1S/C27H29ClN4O2S/c1-19-7-8-21(17-23(19)28)29-27(34)31-14-12-30(13-15-31)18-25(33)32-11-9-24-22(10-16-35-24)26(32)20-5-3-2-4-6-20/h2-8,10,16-17,26H,9,11-15,18H2,1H3,(H,29,34). The number of carbonyl (C=O) groups is 2. The van der Waals surface area contributed by atoms with Crippen molar-refractivity contribution in [3.63, 3.8) is 0 Å². The molecule has 0 radical (unpaired) electrons. The summed E-state index contributed by atoms with van der Waals surface area (Å²) in [4.78, 5) is 33.5. The van der Waals surface area contributed by atoms with Gasteiger partial charge >= 0.3 is 6.03 Å². The summed E-state index contributed by atoms with van der Waals surface area (Å²) in [6.45, 7) is 5.52. The molecule has 35 heavy (non-hydrogen) atoms. The molecule has 3 amide bonds. The third kappa shape index (κ3) is 5.22. The van der Waals surface area contributed by atoms with Crippen LogP contribution in [0.3, 0.4) is 0 Å². The number of thiophene rings is 1. The number of aryl methyl sites for hydroxylation is 1. The van der Waals surface area contributed by atoms with Crippen LogP contribution in [0.1, 0.15) is 27.6 Å². The smallest absolute Gasteiger partial charge is 0.321 e. The predicted molar refractivity (Wildman–Crippen MR) is 141 cm³/mol. The molecule has 0 aliphatic carbocycles. The summed E-state index contributed by atoms with van der Waals surface area (Å²) in [6, 6.07) is 17.8. The number of nitrogens with zero attached hydrogens (tertiary/aromatic N) is 3. The molecule has 1 atom stereocenters. The second-order valence-corrected chi connectivity index (χ2v) is 10.5. The van der Waals surface area contributed by atoms with Gasteiger partial charge in [0.2, 0.25) is 5.91 Å². The molecule has 8 heteroatoms. The van der Waals surface area contributed by atoms with E-state index >= 15 is 0 Å². The van der Waals surface area contributed by atoms with Crippen molar-refractivity contribution in [1.82, 2.24) is 14.7 Å². The van der Waals surface area contributed by atoms with Crippen molar-refractivity contribution in [1.29, 1.82) is 0 Å². The van der Waals surface area contributed by atoms with Gasteiger partial charge in [-0.3, -0.25) is 9.69 Å². The highest BCUT2D eigenvalue weighted by Gasteiger charge is 2.34. The summed E-state index contributed by atoms with van der Waals surface area (Å²) in [6.07, 6.45) is 0.902. The van der Waals surface area contributed by atoms with Gasteiger partial charge in [0.15, 0.2) is 0 Å². The van der Waals surface area contributed by atoms with E-state index in [0.29, 0.717) is 43.4 Å². The summed E-state index contributed by atoms with van der Waals surface area (Å²) in [7, 11) is 0. The van der Waals surface area contributed by atoms with Crippen LogP contribution in [0.5, 0.6) is 0 Å². The molecule has 1 fully saturated rings. The Morgan fingerprint density at radius 1 is 1.03 bits per heavy atom. The molecule has 182 valence electrons. The first-order valence-electron chi connectivity index (χ1n) is 11.9. The van der Waals surface area contributed by atoms with Crippen LogP contribution >= 0.6 is 22.9 Å². The highest BCUT2D eigenvalue weighted by atomic mass is 35.5. The minimum atomic E-state index is -0.138. The fraction of sp³-hybridized carbons (Fsp3) is 0.333. The number of rotatable bonds is 4. The van der Waals surface area contributed by atoms with Crippen molar-refractivity contribution in [2.75, 3.05) is 44.6 Å². The molecule has 1 aromatic heterocycles. The van der Waals surface area contributed by atoms with E-state index in [0.717, 1.165) is 24.1 Å². The fourth-order valence-corrected chi connectivity index (χ4v) is 5.93. The Kier molecular flexibility index (Phi) is 7.09. The van der Waals surface area contributed by atoms with E-state index in [2.05, 4.69) is 33.8 Å². The van der Waals surface area contributed by atoms with Crippen LogP contribution in [0.2, 0.25) is 5.02 Å². The van der Waals surface area contributed by atoms with Crippen LogP contribution < -0.4 is 5.32 Å². The molecule has 6 nitrogen and oxygen atoms in total. The molecule has 1 saturated heterocycles. The van der Waals surface area contributed by atoms with Crippen molar-refractivity contribution in [3.8, 4) is 0 Å². The first-order valence-corrected chi connectivity index (χ1v) is 13.2. The molecular weight excluding hydrogens is 480 g/mol. The Balaban J connectivity index is 1.19. The van der Waals surface area contributed by atoms with E-state index in [1.54, 1.807) is 22.3 Å². The molecule has 2 aliphatic heterocycles. The minimum Gasteiger partial charge on any atom is -0.330 e. The van der Waals surface area contributed by atoms with E-state index in [1.807, 2.05) is 42.2 Å². The number of piperazine rings is 1. The number of hydrogen-bond donors (Lipinski definition) is 1. The first-order chi connectivity index (χ1) is 17.0. The van der Waals surface area contributed by atoms with Gasteiger partial charge in [0.25, 0.3) is 0 Å². The van der Waals surface area contributed by atoms with Crippen LogP contribution in [-0.4, -0.2) is 65.9 Å². The van der Waals surface area contributed by atoms with Gasteiger partial charge in [0.05, 0.1) is 12.6 Å². The molecule has 0 bridgehead atoms. The predicted octanol–water partition coefficient (Wildman–Crippen LogP) is 5.03. The van der Waals surface area contributed by atoms with Gasteiger partial charge in [-0.25, -0.2) is 4.79 Å². The van der Waals surface area contributed by atoms with Gasteiger partial charge in [-0.05, 0) is 53.6 Å². The highest BCUT2D eigenvalue weighted by Crippen LogP contribution is 2.37. The number of benzene rings is 2. The molecule has 1 unspecified atom stereocenters. The van der Waals surface area contributed by atoms with Crippen LogP contribution in [0.25, 0.3) is 0 Å². The van der Waals surface area contributed by atoms with Gasteiger partial charge < -0.3 is 15.1 Å². The largest absolute Gasteiger partial charge is 0.330 e. The second kappa shape index (κ2) is 10.4. The van der Waals surface area contributed by atoms with E-state index in [1.165, 1.54) is 10.4 Å². The topological polar surface area (TPSA) is 55.9 Å². The van der Waals surface area contributed by atoms with Crippen LogP contribution in [0, 0.1) is 6.92 Å². The number of fused-ring (bicyclic) bond motifs is 1. The summed E-state index contributed by atoms with van der Waals surface area (Å²) < 4.78 is 0. The number of hydrogen-bond acceptors (Lipinski definition) is 4. The lowest BCUT2D eigenvalue weighted by molar-refractivity contribution is -0.134. The number of amides is 3. The molecule has 2 aliphatic rings. The zero-order valence-electron chi connectivity index (χ0n) is 19.7. The molecule has 1 N–H and O–H groups in total. The average molecular weight is 509 g/mol. The summed E-state index contributed by atoms with van der Waals surface area (Å²) in [5.41, 5.74) is 4.06. The van der Waals surface area contributed by atoms with Crippen molar-refractivity contribution >= 4 is 40.6 Å². The molecule has 0 spiro atoms. The summed E-state index contributed by atoms with van der Waals surface area (Å²) in [5, 5.41) is 5.69. The van der Waals surface area contributed by atoms with Gasteiger partial charge in [0.1, 0.15) is 0 Å². The van der Waals surface area contributed by atoms with Crippen molar-refractivity contribution in [2.24, 2.45) is 0 Å². The Hall–Kier alpha value is -2.87. The van der Waals surface area contributed by atoms with Gasteiger partial charge in [-0.1, -0.05) is 48.0 Å². The highest BCUT2D eigenvalue weighted by molar-refractivity contribution is 7.10. The van der Waals surface area contributed by atoms with Crippen LogP contribution in [-0.2, 0) is 11.2 Å². The lowest BCUT2D eigenvalue weighted by Gasteiger charge is -2.39. The molecule has 2 aromatic carbocycles. The minimum absolute atomic E-state index is 0.0351. The molecule has 3 aromatic rings. The average Bonchev–Trinajstić information content (AvgIpc) is 3.35. The van der Waals surface area contributed by atoms with E-state index in [4.69, 9.17) is 11.6 Å². The zero-order valence-corrected chi connectivity index (χ0v) is 21.3. The molecule has 0 saturated carbocycles. The van der Waals surface area contributed by atoms with Crippen LogP contribution in [0.4, 0.5) is 10.5 Å². The molecular formula is C27H29ClN4O2S. The zero-order chi connectivity index (χ0) is 24.4. The lowest BCUT2D eigenvalue weighted by Crippen LogP contribution is -2.53. The first kappa shape index (κ1) is 23.9. The maximum atomic E-state index is 13.5. The van der Waals surface area contributed by atoms with Crippen molar-refractivity contribution < 1.29 is 9.59 Å². The molecule has 3 heterocycles. The lowest BCUT2D eigenvalue weighted by atomic mass is 9.93. The Labute approximate surface area is 215 Å². The summed E-state index contributed by atoms with van der Waals surface area (Å²) in [5.74, 6) is 0.142. The fourth-order valence-electron chi connectivity index (χ4n) is 4.84. The number of halogens is 1. The number of anilines is 1. The number of carbonyl (C=O) groups excluding carboxylic acids is 2. The quantitative estimate of drug-likeness (QED) is 0.537. The normalized spacial score (nSPS) is 18.3. The third-order valence-corrected chi connectivity index (χ3v) is 8.25. The van der Waals surface area contributed by atoms with Crippen molar-refractivity contribution in [2.45, 2.75) is 19.4 Å². The van der Waals surface area contributed by atoms with Crippen molar-refractivity contribution in [3.05, 3.63) is 86.6 Å². The van der Waals surface area contributed by atoms with E-state index in [-0.39, 0.29) is 18.0 Å². The van der Waals surface area contributed by atoms with E-state index < -0.39 is 0 Å². The Morgan fingerprint density at radius 2 is 1.80 bits per heavy atom. The van der Waals surface area contributed by atoms with Crippen LogP contribution in [0.15, 0.2) is 60.0 Å². The van der Waals surface area contributed by atoms with Gasteiger partial charge in [0, 0.05) is 48.3 Å². The Bertz CT molecular complexity index is 1210. The second-order valence-electron chi connectivity index (χ2n) is 9.11. The number of urea groups is 1. The van der Waals surface area contributed by atoms with Gasteiger partial charge in [-0.2, -0.15) is 0 Å². The monoisotopic (exact) mass is 508 g/mol. The molecule has 5 rings (SSSR count). The SMILES string of the molecule is Cc1ccc(NC(=O)N2CCN(CC(=O)N3CCc4sccc4C3c3ccccc3)CC2)cc1Cl. The number of nitrogens with one attached hydrogen (secondary N) is 1. The maximum absolute atomic E-state index is 13.5.